The summed E-state index contributed by atoms with van der Waals surface area (Å²) in [5.74, 6) is 1.23. The van der Waals surface area contributed by atoms with Crippen LogP contribution in [0.25, 0.3) is 0 Å². The Bertz CT molecular complexity index is 186. The number of hydrogen-bond donors (Lipinski definition) is 0. The van der Waals surface area contributed by atoms with Gasteiger partial charge in [0.05, 0.1) is 11.9 Å². The van der Waals surface area contributed by atoms with E-state index in [2.05, 4.69) is 0 Å². The van der Waals surface area contributed by atoms with Gasteiger partial charge in [0, 0.05) is 5.75 Å². The second kappa shape index (κ2) is 5.08. The van der Waals surface area contributed by atoms with Crippen LogP contribution in [0.3, 0.4) is 0 Å². The molecule has 76 valence electrons. The third-order valence-electron chi connectivity index (χ3n) is 1.56. The fraction of sp³-hybridized carbons (Fsp3) is 0.875. The van der Waals surface area contributed by atoms with Crippen LogP contribution in [0.15, 0.2) is 0 Å². The van der Waals surface area contributed by atoms with Gasteiger partial charge in [0.15, 0.2) is 0 Å². The Morgan fingerprint density at radius 3 is 2.92 bits per heavy atom. The van der Waals surface area contributed by atoms with Crippen LogP contribution in [0.1, 0.15) is 13.8 Å². The number of thioether (sulfide) groups is 1. The molecule has 3 nitrogen and oxygen atoms in total. The average molecular weight is 225 g/mol. The fourth-order valence-electron chi connectivity index (χ4n) is 0.953. The van der Waals surface area contributed by atoms with Crippen molar-refractivity contribution in [2.45, 2.75) is 31.6 Å². The van der Waals surface area contributed by atoms with Crippen LogP contribution in [-0.2, 0) is 14.3 Å². The number of alkyl halides is 1. The number of carbonyl (C=O) groups excluding carboxylic acids is 1. The van der Waals surface area contributed by atoms with E-state index in [-0.39, 0.29) is 6.10 Å². The van der Waals surface area contributed by atoms with Crippen LogP contribution in [0.4, 0.5) is 0 Å². The summed E-state index contributed by atoms with van der Waals surface area (Å²) in [6.07, 6.45) is -0.287. The molecule has 3 atom stereocenters. The minimum atomic E-state index is -0.606. The van der Waals surface area contributed by atoms with E-state index >= 15 is 0 Å². The summed E-state index contributed by atoms with van der Waals surface area (Å²) >= 11 is 7.27. The summed E-state index contributed by atoms with van der Waals surface area (Å²) in [6.45, 7) is 3.54. The SMILES string of the molecule is CC1CSCC(OC(=O)C(C)Cl)O1. The normalized spacial score (nSPS) is 31.0. The zero-order valence-electron chi connectivity index (χ0n) is 7.66. The molecule has 3 unspecified atom stereocenters. The van der Waals surface area contributed by atoms with Crippen molar-refractivity contribution in [1.82, 2.24) is 0 Å². The molecule has 0 aromatic rings. The van der Waals surface area contributed by atoms with Gasteiger partial charge in [0.2, 0.25) is 6.29 Å². The van der Waals surface area contributed by atoms with Gasteiger partial charge in [-0.3, -0.25) is 4.79 Å². The summed E-state index contributed by atoms with van der Waals surface area (Å²) in [7, 11) is 0. The van der Waals surface area contributed by atoms with Gasteiger partial charge in [-0.25, -0.2) is 0 Å². The van der Waals surface area contributed by atoms with Gasteiger partial charge in [-0.1, -0.05) is 0 Å². The van der Waals surface area contributed by atoms with E-state index in [1.165, 1.54) is 0 Å². The molecular weight excluding hydrogens is 212 g/mol. The van der Waals surface area contributed by atoms with E-state index < -0.39 is 17.6 Å². The Morgan fingerprint density at radius 1 is 1.69 bits per heavy atom. The number of ether oxygens (including phenoxy) is 2. The molecular formula is C8H13ClO3S. The molecule has 1 heterocycles. The predicted octanol–water partition coefficient (Wildman–Crippen LogP) is 1.63. The summed E-state index contributed by atoms with van der Waals surface area (Å²) in [5.41, 5.74) is 0. The van der Waals surface area contributed by atoms with Crippen molar-refractivity contribution in [2.24, 2.45) is 0 Å². The van der Waals surface area contributed by atoms with Crippen LogP contribution >= 0.6 is 23.4 Å². The average Bonchev–Trinajstić information content (AvgIpc) is 2.04. The summed E-state index contributed by atoms with van der Waals surface area (Å²) in [5, 5.41) is -0.606. The second-order valence-electron chi connectivity index (χ2n) is 2.97. The van der Waals surface area contributed by atoms with E-state index in [1.54, 1.807) is 18.7 Å². The molecule has 1 rings (SSSR count). The number of hydrogen-bond acceptors (Lipinski definition) is 4. The summed E-state index contributed by atoms with van der Waals surface area (Å²) < 4.78 is 10.4. The fourth-order valence-corrected chi connectivity index (χ4v) is 1.89. The highest BCUT2D eigenvalue weighted by molar-refractivity contribution is 7.99. The van der Waals surface area contributed by atoms with E-state index in [0.717, 1.165) is 5.75 Å². The Hall–Kier alpha value is 0.0700. The van der Waals surface area contributed by atoms with E-state index in [0.29, 0.717) is 5.75 Å². The first-order valence-corrected chi connectivity index (χ1v) is 5.76. The molecule has 1 fully saturated rings. The molecule has 0 aromatic carbocycles. The third-order valence-corrected chi connectivity index (χ3v) is 2.95. The minimum Gasteiger partial charge on any atom is -0.434 e. The van der Waals surface area contributed by atoms with Gasteiger partial charge >= 0.3 is 5.97 Å². The van der Waals surface area contributed by atoms with Gasteiger partial charge < -0.3 is 9.47 Å². The Balaban J connectivity index is 2.31. The highest BCUT2D eigenvalue weighted by Gasteiger charge is 2.24. The highest BCUT2D eigenvalue weighted by Crippen LogP contribution is 2.19. The van der Waals surface area contributed by atoms with Crippen molar-refractivity contribution in [1.29, 1.82) is 0 Å². The van der Waals surface area contributed by atoms with Gasteiger partial charge in [0.1, 0.15) is 5.38 Å². The molecule has 0 bridgehead atoms. The largest absolute Gasteiger partial charge is 0.434 e. The molecule has 0 aliphatic carbocycles. The smallest absolute Gasteiger partial charge is 0.326 e. The zero-order chi connectivity index (χ0) is 9.84. The predicted molar refractivity (Wildman–Crippen MR) is 53.1 cm³/mol. The quantitative estimate of drug-likeness (QED) is 0.528. The number of carbonyl (C=O) groups is 1. The first-order chi connectivity index (χ1) is 6.09. The van der Waals surface area contributed by atoms with Crippen molar-refractivity contribution in [3.63, 3.8) is 0 Å². The van der Waals surface area contributed by atoms with Gasteiger partial charge in [-0.05, 0) is 13.8 Å². The zero-order valence-corrected chi connectivity index (χ0v) is 9.23. The molecule has 1 saturated heterocycles. The molecule has 1 aliphatic rings. The van der Waals surface area contributed by atoms with Gasteiger partial charge in [0.25, 0.3) is 0 Å². The topological polar surface area (TPSA) is 35.5 Å². The molecule has 0 N–H and O–H groups in total. The Morgan fingerprint density at radius 2 is 2.38 bits per heavy atom. The third kappa shape index (κ3) is 3.75. The molecule has 5 heteroatoms. The first-order valence-electron chi connectivity index (χ1n) is 4.17. The Labute approximate surface area is 87.1 Å². The van der Waals surface area contributed by atoms with Crippen molar-refractivity contribution in [3.8, 4) is 0 Å². The molecule has 0 spiro atoms. The van der Waals surface area contributed by atoms with Crippen LogP contribution < -0.4 is 0 Å². The van der Waals surface area contributed by atoms with Gasteiger partial charge in [-0.15, -0.1) is 11.6 Å². The molecule has 0 aromatic heterocycles. The van der Waals surface area contributed by atoms with Crippen molar-refractivity contribution < 1.29 is 14.3 Å². The monoisotopic (exact) mass is 224 g/mol. The number of rotatable bonds is 2. The lowest BCUT2D eigenvalue weighted by atomic mass is 10.4. The van der Waals surface area contributed by atoms with Crippen LogP contribution in [-0.4, -0.2) is 35.2 Å². The molecule has 13 heavy (non-hydrogen) atoms. The lowest BCUT2D eigenvalue weighted by Crippen LogP contribution is -2.34. The lowest BCUT2D eigenvalue weighted by molar-refractivity contribution is -0.180. The summed E-state index contributed by atoms with van der Waals surface area (Å²) in [4.78, 5) is 11.1. The molecule has 1 aliphatic heterocycles. The summed E-state index contributed by atoms with van der Waals surface area (Å²) in [6, 6.07) is 0. The van der Waals surface area contributed by atoms with Crippen molar-refractivity contribution in [2.75, 3.05) is 11.5 Å². The van der Waals surface area contributed by atoms with Crippen LogP contribution in [0.5, 0.6) is 0 Å². The number of esters is 1. The minimum absolute atomic E-state index is 0.141. The second-order valence-corrected chi connectivity index (χ2v) is 4.70. The highest BCUT2D eigenvalue weighted by atomic mass is 35.5. The Kier molecular flexibility index (Phi) is 4.35. The standard InChI is InChI=1S/C8H13ClO3S/c1-5-3-13-4-7(11-5)12-8(10)6(2)9/h5-7H,3-4H2,1-2H3. The van der Waals surface area contributed by atoms with E-state index in [9.17, 15) is 4.79 Å². The van der Waals surface area contributed by atoms with E-state index in [4.69, 9.17) is 21.1 Å². The molecule has 0 amide bonds. The van der Waals surface area contributed by atoms with E-state index in [1.807, 2.05) is 6.92 Å². The molecule has 0 saturated carbocycles. The number of halogens is 1. The van der Waals surface area contributed by atoms with Gasteiger partial charge in [-0.2, -0.15) is 11.8 Å². The maximum absolute atomic E-state index is 11.1. The van der Waals surface area contributed by atoms with Crippen LogP contribution in [0.2, 0.25) is 0 Å². The molecule has 0 radical (unpaired) electrons. The maximum atomic E-state index is 11.1. The van der Waals surface area contributed by atoms with Crippen molar-refractivity contribution >= 4 is 29.3 Å². The lowest BCUT2D eigenvalue weighted by Gasteiger charge is -2.27. The van der Waals surface area contributed by atoms with Crippen molar-refractivity contribution in [3.05, 3.63) is 0 Å². The maximum Gasteiger partial charge on any atom is 0.326 e. The first kappa shape index (κ1) is 11.1. The van der Waals surface area contributed by atoms with Crippen LogP contribution in [0, 0.1) is 0 Å².